The molecule has 0 aliphatic rings. The number of rotatable bonds is 4. The first-order valence-electron chi connectivity index (χ1n) is 7.95. The van der Waals surface area contributed by atoms with Gasteiger partial charge in [0.15, 0.2) is 11.5 Å². The van der Waals surface area contributed by atoms with Crippen molar-refractivity contribution >= 4 is 11.6 Å². The SMILES string of the molecule is Cc1cc(C(=O)Nc2ccc(-n3cncn3)nc2)nn1-c1ccccc1. The predicted octanol–water partition coefficient (Wildman–Crippen LogP) is 2.41. The lowest BCUT2D eigenvalue weighted by molar-refractivity contribution is 0.102. The summed E-state index contributed by atoms with van der Waals surface area (Å²) < 4.78 is 3.28. The molecule has 128 valence electrons. The van der Waals surface area contributed by atoms with Crippen molar-refractivity contribution in [3.05, 3.63) is 78.8 Å². The maximum absolute atomic E-state index is 12.5. The van der Waals surface area contributed by atoms with Crippen LogP contribution in [0.1, 0.15) is 16.2 Å². The van der Waals surface area contributed by atoms with Crippen molar-refractivity contribution in [1.29, 1.82) is 0 Å². The number of para-hydroxylation sites is 1. The van der Waals surface area contributed by atoms with Crippen LogP contribution in [-0.4, -0.2) is 35.4 Å². The molecule has 0 aliphatic carbocycles. The summed E-state index contributed by atoms with van der Waals surface area (Å²) in [6.45, 7) is 1.91. The van der Waals surface area contributed by atoms with E-state index in [2.05, 4.69) is 25.5 Å². The number of aryl methyl sites for hydroxylation is 1. The fraction of sp³-hybridized carbons (Fsp3) is 0.0556. The molecule has 0 saturated carbocycles. The Kier molecular flexibility index (Phi) is 3.98. The quantitative estimate of drug-likeness (QED) is 0.613. The van der Waals surface area contributed by atoms with Crippen molar-refractivity contribution in [2.45, 2.75) is 6.92 Å². The minimum absolute atomic E-state index is 0.293. The van der Waals surface area contributed by atoms with Gasteiger partial charge < -0.3 is 5.32 Å². The summed E-state index contributed by atoms with van der Waals surface area (Å²) in [4.78, 5) is 20.6. The average molecular weight is 345 g/mol. The minimum atomic E-state index is -0.293. The van der Waals surface area contributed by atoms with Gasteiger partial charge >= 0.3 is 0 Å². The summed E-state index contributed by atoms with van der Waals surface area (Å²) in [6.07, 6.45) is 4.55. The summed E-state index contributed by atoms with van der Waals surface area (Å²) in [6, 6.07) is 14.9. The van der Waals surface area contributed by atoms with Gasteiger partial charge in [0.25, 0.3) is 5.91 Å². The average Bonchev–Trinajstić information content (AvgIpc) is 3.33. The van der Waals surface area contributed by atoms with E-state index in [4.69, 9.17) is 0 Å². The molecule has 0 spiro atoms. The first-order chi connectivity index (χ1) is 12.7. The summed E-state index contributed by atoms with van der Waals surface area (Å²) in [7, 11) is 0. The molecule has 3 aromatic heterocycles. The largest absolute Gasteiger partial charge is 0.319 e. The van der Waals surface area contributed by atoms with Crippen LogP contribution in [0.3, 0.4) is 0 Å². The molecule has 8 heteroatoms. The Labute approximate surface area is 149 Å². The molecule has 0 aliphatic heterocycles. The van der Waals surface area contributed by atoms with Crippen LogP contribution in [0.5, 0.6) is 0 Å². The Bertz CT molecular complexity index is 1020. The third kappa shape index (κ3) is 3.07. The number of carbonyl (C=O) groups excluding carboxylic acids is 1. The van der Waals surface area contributed by atoms with E-state index >= 15 is 0 Å². The fourth-order valence-corrected chi connectivity index (χ4v) is 2.53. The van der Waals surface area contributed by atoms with E-state index < -0.39 is 0 Å². The van der Waals surface area contributed by atoms with Gasteiger partial charge in [-0.1, -0.05) is 18.2 Å². The van der Waals surface area contributed by atoms with Crippen LogP contribution in [0.4, 0.5) is 5.69 Å². The van der Waals surface area contributed by atoms with E-state index in [0.717, 1.165) is 11.4 Å². The van der Waals surface area contributed by atoms with Crippen molar-refractivity contribution < 1.29 is 4.79 Å². The predicted molar refractivity (Wildman–Crippen MR) is 95.4 cm³/mol. The smallest absolute Gasteiger partial charge is 0.276 e. The Morgan fingerprint density at radius 3 is 2.65 bits per heavy atom. The summed E-state index contributed by atoms with van der Waals surface area (Å²) in [5.41, 5.74) is 2.70. The zero-order valence-electron chi connectivity index (χ0n) is 13.9. The van der Waals surface area contributed by atoms with E-state index in [0.29, 0.717) is 17.2 Å². The second-order valence-electron chi connectivity index (χ2n) is 5.62. The van der Waals surface area contributed by atoms with Crippen molar-refractivity contribution in [3.8, 4) is 11.5 Å². The normalized spacial score (nSPS) is 10.7. The first-order valence-corrected chi connectivity index (χ1v) is 7.95. The van der Waals surface area contributed by atoms with Crippen molar-refractivity contribution in [3.63, 3.8) is 0 Å². The van der Waals surface area contributed by atoms with Gasteiger partial charge in [-0.3, -0.25) is 4.79 Å². The summed E-state index contributed by atoms with van der Waals surface area (Å²) >= 11 is 0. The van der Waals surface area contributed by atoms with Crippen LogP contribution < -0.4 is 5.32 Å². The van der Waals surface area contributed by atoms with E-state index in [9.17, 15) is 4.79 Å². The minimum Gasteiger partial charge on any atom is -0.319 e. The molecule has 0 unspecified atom stereocenters. The van der Waals surface area contributed by atoms with Crippen LogP contribution in [-0.2, 0) is 0 Å². The number of hydrogen-bond acceptors (Lipinski definition) is 5. The number of carbonyl (C=O) groups is 1. The Morgan fingerprint density at radius 1 is 1.12 bits per heavy atom. The van der Waals surface area contributed by atoms with Gasteiger partial charge in [-0.15, -0.1) is 0 Å². The molecule has 0 radical (unpaired) electrons. The molecule has 1 amide bonds. The fourth-order valence-electron chi connectivity index (χ4n) is 2.53. The van der Waals surface area contributed by atoms with Crippen LogP contribution in [0.15, 0.2) is 67.4 Å². The van der Waals surface area contributed by atoms with Gasteiger partial charge in [-0.05, 0) is 37.3 Å². The van der Waals surface area contributed by atoms with Gasteiger partial charge in [-0.2, -0.15) is 10.2 Å². The van der Waals surface area contributed by atoms with E-state index in [1.54, 1.807) is 35.4 Å². The molecule has 1 N–H and O–H groups in total. The van der Waals surface area contributed by atoms with Gasteiger partial charge in [-0.25, -0.2) is 19.3 Å². The van der Waals surface area contributed by atoms with Crippen LogP contribution in [0.2, 0.25) is 0 Å². The third-order valence-electron chi connectivity index (χ3n) is 3.78. The highest BCUT2D eigenvalue weighted by Gasteiger charge is 2.13. The molecule has 3 heterocycles. The molecular weight excluding hydrogens is 330 g/mol. The monoisotopic (exact) mass is 345 g/mol. The maximum Gasteiger partial charge on any atom is 0.276 e. The Morgan fingerprint density at radius 2 is 1.96 bits per heavy atom. The highest BCUT2D eigenvalue weighted by molar-refractivity contribution is 6.02. The number of amides is 1. The highest BCUT2D eigenvalue weighted by Crippen LogP contribution is 2.14. The Hall–Kier alpha value is -3.81. The zero-order valence-corrected chi connectivity index (χ0v) is 13.9. The van der Waals surface area contributed by atoms with E-state index in [1.165, 1.54) is 11.0 Å². The van der Waals surface area contributed by atoms with Gasteiger partial charge in [0.05, 0.1) is 17.6 Å². The molecule has 0 fully saturated rings. The standard InChI is InChI=1S/C18H15N7O/c1-13-9-16(23-25(13)15-5-3-2-4-6-15)18(26)22-14-7-8-17(20-10-14)24-12-19-11-21-24/h2-12H,1H3,(H,22,26). The molecule has 0 atom stereocenters. The number of hydrogen-bond donors (Lipinski definition) is 1. The number of nitrogens with one attached hydrogen (secondary N) is 1. The van der Waals surface area contributed by atoms with Crippen molar-refractivity contribution in [1.82, 2.24) is 29.5 Å². The topological polar surface area (TPSA) is 90.5 Å². The van der Waals surface area contributed by atoms with Crippen LogP contribution in [0, 0.1) is 6.92 Å². The number of aromatic nitrogens is 6. The highest BCUT2D eigenvalue weighted by atomic mass is 16.2. The molecule has 8 nitrogen and oxygen atoms in total. The summed E-state index contributed by atoms with van der Waals surface area (Å²) in [5, 5.41) is 11.2. The second kappa shape index (κ2) is 6.60. The lowest BCUT2D eigenvalue weighted by atomic mass is 10.3. The lowest BCUT2D eigenvalue weighted by Gasteiger charge is -2.05. The van der Waals surface area contributed by atoms with Crippen LogP contribution in [0.25, 0.3) is 11.5 Å². The summed E-state index contributed by atoms with van der Waals surface area (Å²) in [5.74, 6) is 0.322. The zero-order chi connectivity index (χ0) is 17.9. The van der Waals surface area contributed by atoms with Crippen LogP contribution >= 0.6 is 0 Å². The number of nitrogens with zero attached hydrogens (tertiary/aromatic N) is 6. The molecule has 26 heavy (non-hydrogen) atoms. The first kappa shape index (κ1) is 15.7. The van der Waals surface area contributed by atoms with Gasteiger partial charge in [0.1, 0.15) is 12.7 Å². The Balaban J connectivity index is 1.52. The van der Waals surface area contributed by atoms with Crippen molar-refractivity contribution in [2.24, 2.45) is 0 Å². The molecule has 4 rings (SSSR count). The van der Waals surface area contributed by atoms with Crippen molar-refractivity contribution in [2.75, 3.05) is 5.32 Å². The number of anilines is 1. The number of benzene rings is 1. The second-order valence-corrected chi connectivity index (χ2v) is 5.62. The van der Waals surface area contributed by atoms with E-state index in [-0.39, 0.29) is 5.91 Å². The lowest BCUT2D eigenvalue weighted by Crippen LogP contribution is -2.13. The maximum atomic E-state index is 12.5. The molecule has 4 aromatic rings. The number of pyridine rings is 1. The van der Waals surface area contributed by atoms with E-state index in [1.807, 2.05) is 37.3 Å². The molecular formula is C18H15N7O. The van der Waals surface area contributed by atoms with Gasteiger partial charge in [0.2, 0.25) is 0 Å². The third-order valence-corrected chi connectivity index (χ3v) is 3.78. The molecule has 0 saturated heterocycles. The molecule has 1 aromatic carbocycles. The molecule has 0 bridgehead atoms. The van der Waals surface area contributed by atoms with Gasteiger partial charge in [0, 0.05) is 5.69 Å².